The molecule has 2 N–H and O–H groups in total. The molecule has 3 aromatic rings. The fraction of sp³-hybridized carbons (Fsp3) is 0.381. The first-order valence-corrected chi connectivity index (χ1v) is 10.7. The molecule has 3 rings (SSSR count). The molecule has 0 fully saturated rings. The van der Waals surface area contributed by atoms with Gasteiger partial charge in [0.15, 0.2) is 5.96 Å². The molecule has 0 unspecified atom stereocenters. The van der Waals surface area contributed by atoms with Crippen LogP contribution in [-0.4, -0.2) is 33.6 Å². The van der Waals surface area contributed by atoms with Crippen LogP contribution in [0.15, 0.2) is 41.8 Å². The van der Waals surface area contributed by atoms with E-state index >= 15 is 0 Å². The Balaban J connectivity index is 1.60. The highest BCUT2D eigenvalue weighted by Crippen LogP contribution is 2.17. The number of benzene rings is 1. The Morgan fingerprint density at radius 2 is 2.10 bits per heavy atom. The van der Waals surface area contributed by atoms with Crippen molar-refractivity contribution in [3.8, 4) is 5.69 Å². The second-order valence-corrected chi connectivity index (χ2v) is 7.78. The number of imidazole rings is 1. The minimum Gasteiger partial charge on any atom is -0.357 e. The number of nitrogens with one attached hydrogen (secondary N) is 2. The summed E-state index contributed by atoms with van der Waals surface area (Å²) in [6, 6.07) is 5.19. The summed E-state index contributed by atoms with van der Waals surface area (Å²) in [5.74, 6) is 1.18. The van der Waals surface area contributed by atoms with Gasteiger partial charge in [0.25, 0.3) is 0 Å². The molecule has 0 aliphatic carbocycles. The lowest BCUT2D eigenvalue weighted by atomic mass is 10.2. The van der Waals surface area contributed by atoms with Crippen molar-refractivity contribution in [1.82, 2.24) is 25.2 Å². The third-order valence-electron chi connectivity index (χ3n) is 4.44. The molecule has 29 heavy (non-hydrogen) atoms. The van der Waals surface area contributed by atoms with Gasteiger partial charge in [-0.1, -0.05) is 13.0 Å². The first-order valence-electron chi connectivity index (χ1n) is 9.85. The molecule has 0 bridgehead atoms. The summed E-state index contributed by atoms with van der Waals surface area (Å²) in [6.45, 7) is 7.91. The molecule has 0 aliphatic heterocycles. The Kier molecular flexibility index (Phi) is 7.35. The SMILES string of the molecule is CCNC(=NCc1ccc(-n2ccnc2C)c(F)c1)NCCc1ncc(CC)s1. The molecule has 2 heterocycles. The van der Waals surface area contributed by atoms with E-state index in [4.69, 9.17) is 0 Å². The van der Waals surface area contributed by atoms with Gasteiger partial charge in [0.1, 0.15) is 11.6 Å². The number of rotatable bonds is 8. The van der Waals surface area contributed by atoms with Gasteiger partial charge in [-0.3, -0.25) is 0 Å². The zero-order valence-electron chi connectivity index (χ0n) is 17.1. The van der Waals surface area contributed by atoms with Gasteiger partial charge in [-0.15, -0.1) is 11.3 Å². The topological polar surface area (TPSA) is 67.1 Å². The molecule has 0 radical (unpaired) electrons. The van der Waals surface area contributed by atoms with Crippen molar-refractivity contribution in [2.24, 2.45) is 4.99 Å². The van der Waals surface area contributed by atoms with E-state index in [0.29, 0.717) is 12.2 Å². The van der Waals surface area contributed by atoms with E-state index in [9.17, 15) is 4.39 Å². The molecule has 8 heteroatoms. The zero-order valence-corrected chi connectivity index (χ0v) is 17.9. The lowest BCUT2D eigenvalue weighted by molar-refractivity contribution is 0.614. The number of aliphatic imine (C=N–C) groups is 1. The molecule has 0 saturated carbocycles. The van der Waals surface area contributed by atoms with E-state index in [0.717, 1.165) is 48.3 Å². The van der Waals surface area contributed by atoms with E-state index in [1.807, 2.05) is 26.1 Å². The molecule has 0 atom stereocenters. The van der Waals surface area contributed by atoms with Gasteiger partial charge < -0.3 is 15.2 Å². The summed E-state index contributed by atoms with van der Waals surface area (Å²) in [6.07, 6.45) is 7.23. The van der Waals surface area contributed by atoms with Crippen LogP contribution in [0, 0.1) is 12.7 Å². The van der Waals surface area contributed by atoms with Crippen molar-refractivity contribution in [3.63, 3.8) is 0 Å². The molecular weight excluding hydrogens is 387 g/mol. The van der Waals surface area contributed by atoms with Crippen molar-refractivity contribution in [1.29, 1.82) is 0 Å². The number of nitrogens with zero attached hydrogens (tertiary/aromatic N) is 4. The summed E-state index contributed by atoms with van der Waals surface area (Å²) in [5, 5.41) is 7.67. The van der Waals surface area contributed by atoms with Crippen molar-refractivity contribution in [2.75, 3.05) is 13.1 Å². The van der Waals surface area contributed by atoms with Crippen LogP contribution in [-0.2, 0) is 19.4 Å². The van der Waals surface area contributed by atoms with E-state index in [1.165, 1.54) is 10.9 Å². The van der Waals surface area contributed by atoms with Crippen LogP contribution in [0.3, 0.4) is 0 Å². The van der Waals surface area contributed by atoms with Crippen molar-refractivity contribution in [2.45, 2.75) is 40.2 Å². The summed E-state index contributed by atoms with van der Waals surface area (Å²) in [7, 11) is 0. The largest absolute Gasteiger partial charge is 0.357 e. The van der Waals surface area contributed by atoms with Crippen LogP contribution in [0.1, 0.15) is 35.1 Å². The number of hydrogen-bond donors (Lipinski definition) is 2. The van der Waals surface area contributed by atoms with E-state index in [1.54, 1.807) is 34.4 Å². The number of hydrogen-bond acceptors (Lipinski definition) is 4. The normalized spacial score (nSPS) is 11.7. The molecule has 154 valence electrons. The van der Waals surface area contributed by atoms with E-state index in [-0.39, 0.29) is 5.82 Å². The maximum atomic E-state index is 14.6. The van der Waals surface area contributed by atoms with Crippen LogP contribution in [0.2, 0.25) is 0 Å². The second kappa shape index (κ2) is 10.2. The molecule has 6 nitrogen and oxygen atoms in total. The second-order valence-electron chi connectivity index (χ2n) is 6.58. The maximum Gasteiger partial charge on any atom is 0.191 e. The number of halogens is 1. The molecular formula is C21H27FN6S. The highest BCUT2D eigenvalue weighted by atomic mass is 32.1. The van der Waals surface area contributed by atoms with Gasteiger partial charge in [0, 0.05) is 43.0 Å². The number of aromatic nitrogens is 3. The Labute approximate surface area is 174 Å². The minimum atomic E-state index is -0.285. The highest BCUT2D eigenvalue weighted by Gasteiger charge is 2.08. The molecule has 0 aliphatic rings. The number of thiazole rings is 1. The molecule has 0 spiro atoms. The summed E-state index contributed by atoms with van der Waals surface area (Å²) in [4.78, 5) is 14.5. The van der Waals surface area contributed by atoms with Crippen molar-refractivity contribution in [3.05, 3.63) is 63.9 Å². The van der Waals surface area contributed by atoms with Crippen LogP contribution in [0.25, 0.3) is 5.69 Å². The average Bonchev–Trinajstić information content (AvgIpc) is 3.35. The fourth-order valence-electron chi connectivity index (χ4n) is 2.90. The minimum absolute atomic E-state index is 0.285. The maximum absolute atomic E-state index is 14.6. The monoisotopic (exact) mass is 414 g/mol. The molecule has 0 saturated heterocycles. The van der Waals surface area contributed by atoms with Gasteiger partial charge >= 0.3 is 0 Å². The average molecular weight is 415 g/mol. The third kappa shape index (κ3) is 5.63. The third-order valence-corrected chi connectivity index (χ3v) is 5.64. The smallest absolute Gasteiger partial charge is 0.191 e. The first-order chi connectivity index (χ1) is 14.1. The highest BCUT2D eigenvalue weighted by molar-refractivity contribution is 7.11. The Morgan fingerprint density at radius 3 is 2.76 bits per heavy atom. The fourth-order valence-corrected chi connectivity index (χ4v) is 3.77. The quantitative estimate of drug-likeness (QED) is 0.436. The molecule has 1 aromatic carbocycles. The van der Waals surface area contributed by atoms with Crippen LogP contribution in [0.4, 0.5) is 4.39 Å². The van der Waals surface area contributed by atoms with Crippen molar-refractivity contribution >= 4 is 17.3 Å². The lowest BCUT2D eigenvalue weighted by Gasteiger charge is -2.11. The summed E-state index contributed by atoms with van der Waals surface area (Å²) < 4.78 is 16.3. The van der Waals surface area contributed by atoms with Crippen LogP contribution >= 0.6 is 11.3 Å². The van der Waals surface area contributed by atoms with Gasteiger partial charge in [-0.25, -0.2) is 19.4 Å². The summed E-state index contributed by atoms with van der Waals surface area (Å²) in [5.41, 5.74) is 1.31. The van der Waals surface area contributed by atoms with Gasteiger partial charge in [0.2, 0.25) is 0 Å². The molecule has 0 amide bonds. The van der Waals surface area contributed by atoms with Crippen molar-refractivity contribution < 1.29 is 4.39 Å². The Bertz CT molecular complexity index is 962. The first kappa shape index (κ1) is 21.0. The molecule has 2 aromatic heterocycles. The lowest BCUT2D eigenvalue weighted by Crippen LogP contribution is -2.38. The van der Waals surface area contributed by atoms with Gasteiger partial charge in [0.05, 0.1) is 17.2 Å². The van der Waals surface area contributed by atoms with Crippen LogP contribution < -0.4 is 10.6 Å². The van der Waals surface area contributed by atoms with E-state index < -0.39 is 0 Å². The summed E-state index contributed by atoms with van der Waals surface area (Å²) >= 11 is 1.75. The predicted molar refractivity (Wildman–Crippen MR) is 116 cm³/mol. The predicted octanol–water partition coefficient (Wildman–Crippen LogP) is 3.64. The Morgan fingerprint density at radius 1 is 1.24 bits per heavy atom. The van der Waals surface area contributed by atoms with Gasteiger partial charge in [-0.05, 0) is 38.0 Å². The number of guanidine groups is 1. The van der Waals surface area contributed by atoms with Gasteiger partial charge in [-0.2, -0.15) is 0 Å². The van der Waals surface area contributed by atoms with Crippen LogP contribution in [0.5, 0.6) is 0 Å². The standard InChI is InChI=1S/C21H27FN6S/c1-4-17-14-26-20(29-17)8-9-25-21(23-5-2)27-13-16-6-7-19(18(22)12-16)28-11-10-24-15(28)3/h6-7,10-12,14H,4-5,8-9,13H2,1-3H3,(H2,23,25,27). The Hall–Kier alpha value is -2.74. The zero-order chi connectivity index (χ0) is 20.6. The number of aryl methyl sites for hydroxylation is 2. The van der Waals surface area contributed by atoms with E-state index in [2.05, 4.69) is 32.5 Å².